The third kappa shape index (κ3) is 1.85. The lowest BCUT2D eigenvalue weighted by molar-refractivity contribution is 0.0465. The Bertz CT molecular complexity index is 463. The summed E-state index contributed by atoms with van der Waals surface area (Å²) < 4.78 is 11.5. The summed E-state index contributed by atoms with van der Waals surface area (Å²) >= 11 is 0. The number of nitrogens with zero attached hydrogens (tertiary/aromatic N) is 1. The Balaban J connectivity index is 1.93. The van der Waals surface area contributed by atoms with Crippen LogP contribution in [0.15, 0.2) is 18.2 Å². The minimum absolute atomic E-state index is 0.0374. The van der Waals surface area contributed by atoms with E-state index in [0.29, 0.717) is 0 Å². The average Bonchev–Trinajstić information content (AvgIpc) is 2.70. The number of likely N-dealkylation sites (N-methyl/N-ethyl adjacent to an activating group) is 1. The maximum Gasteiger partial charge on any atom is 0.125 e. The van der Waals surface area contributed by atoms with E-state index in [9.17, 15) is 0 Å². The topological polar surface area (TPSA) is 47.7 Å². The highest BCUT2D eigenvalue weighted by atomic mass is 16.5. The van der Waals surface area contributed by atoms with E-state index in [1.165, 1.54) is 0 Å². The lowest BCUT2D eigenvalue weighted by Crippen LogP contribution is -2.44. The van der Waals surface area contributed by atoms with Gasteiger partial charge in [-0.2, -0.15) is 0 Å². The van der Waals surface area contributed by atoms with Crippen LogP contribution >= 0.6 is 0 Å². The first-order chi connectivity index (χ1) is 8.62. The number of rotatable bonds is 1. The second-order valence-electron chi connectivity index (χ2n) is 5.49. The molecule has 4 nitrogen and oxygen atoms in total. The number of hydrogen-bond acceptors (Lipinski definition) is 4. The van der Waals surface area contributed by atoms with Crippen LogP contribution in [-0.2, 0) is 0 Å². The number of methoxy groups -OCH3 is 1. The monoisotopic (exact) mass is 248 g/mol. The molecule has 98 valence electrons. The quantitative estimate of drug-likeness (QED) is 0.819. The van der Waals surface area contributed by atoms with Crippen molar-refractivity contribution in [2.75, 3.05) is 27.2 Å². The number of hydrogen-bond donors (Lipinski definition) is 1. The van der Waals surface area contributed by atoms with Crippen molar-refractivity contribution in [3.63, 3.8) is 0 Å². The van der Waals surface area contributed by atoms with Gasteiger partial charge in [-0.15, -0.1) is 0 Å². The number of nitrogens with two attached hydrogens (primary N) is 1. The summed E-state index contributed by atoms with van der Waals surface area (Å²) in [5.41, 5.74) is 7.29. The van der Waals surface area contributed by atoms with Crippen LogP contribution in [0.3, 0.4) is 0 Å². The molecule has 2 aliphatic rings. The van der Waals surface area contributed by atoms with E-state index >= 15 is 0 Å². The minimum Gasteiger partial charge on any atom is -0.497 e. The molecule has 1 spiro atoms. The number of likely N-dealkylation sites (tertiary alicyclic amines) is 1. The molecule has 18 heavy (non-hydrogen) atoms. The Morgan fingerprint density at radius 3 is 3.00 bits per heavy atom. The van der Waals surface area contributed by atoms with Gasteiger partial charge >= 0.3 is 0 Å². The number of ether oxygens (including phenoxy) is 2. The van der Waals surface area contributed by atoms with Gasteiger partial charge in [-0.1, -0.05) is 0 Å². The van der Waals surface area contributed by atoms with Gasteiger partial charge in [-0.3, -0.25) is 0 Å². The molecule has 0 saturated carbocycles. The van der Waals surface area contributed by atoms with Gasteiger partial charge < -0.3 is 20.1 Å². The minimum atomic E-state index is -0.0875. The average molecular weight is 248 g/mol. The van der Waals surface area contributed by atoms with Crippen molar-refractivity contribution in [3.05, 3.63) is 23.8 Å². The van der Waals surface area contributed by atoms with Crippen LogP contribution in [0.1, 0.15) is 24.4 Å². The second kappa shape index (κ2) is 4.14. The van der Waals surface area contributed by atoms with E-state index in [4.69, 9.17) is 15.2 Å². The van der Waals surface area contributed by atoms with E-state index in [-0.39, 0.29) is 11.6 Å². The zero-order chi connectivity index (χ0) is 12.8. The lowest BCUT2D eigenvalue weighted by Gasteiger charge is -2.38. The Kier molecular flexibility index (Phi) is 2.72. The molecule has 2 heterocycles. The van der Waals surface area contributed by atoms with E-state index < -0.39 is 0 Å². The van der Waals surface area contributed by atoms with Crippen molar-refractivity contribution in [2.45, 2.75) is 24.5 Å². The molecule has 1 unspecified atom stereocenters. The van der Waals surface area contributed by atoms with Crippen LogP contribution < -0.4 is 15.2 Å². The smallest absolute Gasteiger partial charge is 0.125 e. The molecule has 0 aromatic heterocycles. The van der Waals surface area contributed by atoms with Crippen molar-refractivity contribution in [1.82, 2.24) is 4.90 Å². The van der Waals surface area contributed by atoms with Crippen LogP contribution in [0.5, 0.6) is 11.5 Å². The summed E-state index contributed by atoms with van der Waals surface area (Å²) in [6, 6.07) is 5.94. The zero-order valence-electron chi connectivity index (χ0n) is 11.0. The molecule has 1 saturated heterocycles. The van der Waals surface area contributed by atoms with Crippen molar-refractivity contribution >= 4 is 0 Å². The van der Waals surface area contributed by atoms with Crippen LogP contribution in [-0.4, -0.2) is 37.7 Å². The third-order valence-electron chi connectivity index (χ3n) is 4.04. The van der Waals surface area contributed by atoms with Gasteiger partial charge in [0, 0.05) is 37.5 Å². The molecule has 2 N–H and O–H groups in total. The molecular formula is C14H20N2O2. The molecular weight excluding hydrogens is 228 g/mol. The Morgan fingerprint density at radius 2 is 2.33 bits per heavy atom. The van der Waals surface area contributed by atoms with Crippen LogP contribution in [0, 0.1) is 0 Å². The SMILES string of the molecule is COc1ccc2c(c1)[C@H](N)CC1(CCN(C)C1)O2. The van der Waals surface area contributed by atoms with Crippen molar-refractivity contribution in [3.8, 4) is 11.5 Å². The van der Waals surface area contributed by atoms with E-state index in [1.54, 1.807) is 7.11 Å². The zero-order valence-corrected chi connectivity index (χ0v) is 11.0. The molecule has 3 rings (SSSR count). The van der Waals surface area contributed by atoms with Gasteiger partial charge in [-0.05, 0) is 25.2 Å². The van der Waals surface area contributed by atoms with Gasteiger partial charge in [-0.25, -0.2) is 0 Å². The summed E-state index contributed by atoms with van der Waals surface area (Å²) in [5.74, 6) is 1.76. The fraction of sp³-hybridized carbons (Fsp3) is 0.571. The maximum absolute atomic E-state index is 6.32. The highest BCUT2D eigenvalue weighted by Gasteiger charge is 2.44. The van der Waals surface area contributed by atoms with Gasteiger partial charge in [0.25, 0.3) is 0 Å². The Hall–Kier alpha value is -1.26. The summed E-state index contributed by atoms with van der Waals surface area (Å²) in [4.78, 5) is 2.31. The third-order valence-corrected chi connectivity index (χ3v) is 4.04. The highest BCUT2D eigenvalue weighted by molar-refractivity contribution is 5.44. The molecule has 1 aromatic carbocycles. The molecule has 1 aromatic rings. The van der Waals surface area contributed by atoms with Crippen molar-refractivity contribution < 1.29 is 9.47 Å². The first-order valence-electron chi connectivity index (χ1n) is 6.43. The first-order valence-corrected chi connectivity index (χ1v) is 6.43. The van der Waals surface area contributed by atoms with Crippen LogP contribution in [0.2, 0.25) is 0 Å². The van der Waals surface area contributed by atoms with Crippen molar-refractivity contribution in [1.29, 1.82) is 0 Å². The summed E-state index contributed by atoms with van der Waals surface area (Å²) in [7, 11) is 3.80. The Morgan fingerprint density at radius 1 is 1.50 bits per heavy atom. The van der Waals surface area contributed by atoms with Gasteiger partial charge in [0.2, 0.25) is 0 Å². The molecule has 4 heteroatoms. The van der Waals surface area contributed by atoms with Crippen molar-refractivity contribution in [2.24, 2.45) is 5.73 Å². The molecule has 0 aliphatic carbocycles. The normalized spacial score (nSPS) is 31.2. The number of fused-ring (bicyclic) bond motifs is 1. The fourth-order valence-corrected chi connectivity index (χ4v) is 3.12. The summed E-state index contributed by atoms with van der Waals surface area (Å²) in [6.07, 6.45) is 1.94. The maximum atomic E-state index is 6.32. The van der Waals surface area contributed by atoms with Gasteiger partial charge in [0.1, 0.15) is 17.1 Å². The van der Waals surface area contributed by atoms with Crippen LogP contribution in [0.4, 0.5) is 0 Å². The molecule has 1 fully saturated rings. The largest absolute Gasteiger partial charge is 0.497 e. The molecule has 0 radical (unpaired) electrons. The van der Waals surface area contributed by atoms with E-state index in [1.807, 2.05) is 18.2 Å². The predicted octanol–water partition coefficient (Wildman–Crippen LogP) is 1.55. The van der Waals surface area contributed by atoms with E-state index in [0.717, 1.165) is 43.0 Å². The van der Waals surface area contributed by atoms with E-state index in [2.05, 4.69) is 11.9 Å². The molecule has 2 atom stereocenters. The number of benzene rings is 1. The lowest BCUT2D eigenvalue weighted by atomic mass is 9.87. The molecule has 0 amide bonds. The summed E-state index contributed by atoms with van der Waals surface area (Å²) in [5, 5.41) is 0. The van der Waals surface area contributed by atoms with Gasteiger partial charge in [0.05, 0.1) is 7.11 Å². The standard InChI is InChI=1S/C14H20N2O2/c1-16-6-5-14(9-16)8-12(15)11-7-10(17-2)3-4-13(11)18-14/h3-4,7,12H,5-6,8-9,15H2,1-2H3/t12-,14?/m1/s1. The second-order valence-corrected chi connectivity index (χ2v) is 5.49. The summed E-state index contributed by atoms with van der Waals surface area (Å²) in [6.45, 7) is 2.05. The predicted molar refractivity (Wildman–Crippen MR) is 70.0 cm³/mol. The van der Waals surface area contributed by atoms with Gasteiger partial charge in [0.15, 0.2) is 0 Å². The Labute approximate surface area is 108 Å². The fourth-order valence-electron chi connectivity index (χ4n) is 3.12. The molecule has 0 bridgehead atoms. The first kappa shape index (κ1) is 11.8. The highest BCUT2D eigenvalue weighted by Crippen LogP contribution is 2.43. The molecule has 2 aliphatic heterocycles. The van der Waals surface area contributed by atoms with Crippen LogP contribution in [0.25, 0.3) is 0 Å².